The lowest BCUT2D eigenvalue weighted by Gasteiger charge is -2.40. The Hall–Kier alpha value is -8.30. The third-order valence-corrected chi connectivity index (χ3v) is 19.1. The number of rotatable bonds is 20. The van der Waals surface area contributed by atoms with E-state index in [4.69, 9.17) is 26.0 Å². The smallest absolute Gasteiger partial charge is 0.412 e. The topological polar surface area (TPSA) is 368 Å². The lowest BCUT2D eigenvalue weighted by molar-refractivity contribution is -0.147. The van der Waals surface area contributed by atoms with E-state index in [-0.39, 0.29) is 34.7 Å². The average Bonchev–Trinajstić information content (AvgIpc) is 0.884. The minimum atomic E-state index is -0.926. The van der Waals surface area contributed by atoms with Gasteiger partial charge in [0.25, 0.3) is 5.91 Å². The number of ether oxygens (including phenoxy) is 2. The van der Waals surface area contributed by atoms with Crippen molar-refractivity contribution in [2.24, 2.45) is 5.73 Å². The number of carbonyl (C=O) groups excluding carboxylic acids is 6. The van der Waals surface area contributed by atoms with Gasteiger partial charge in [0.15, 0.2) is 0 Å². The van der Waals surface area contributed by atoms with Crippen LogP contribution in [0.15, 0.2) is 118 Å². The van der Waals surface area contributed by atoms with Crippen LogP contribution in [-0.4, -0.2) is 95.3 Å². The highest BCUT2D eigenvalue weighted by atomic mass is 32.2. The first-order valence-corrected chi connectivity index (χ1v) is 36.3. The maximum atomic E-state index is 12.6. The van der Waals surface area contributed by atoms with Crippen LogP contribution in [0.3, 0.4) is 0 Å². The number of hydrazine groups is 2. The maximum absolute atomic E-state index is 12.6. The number of allylic oxidation sites excluding steroid dienone is 2. The molecule has 26 heteroatoms. The van der Waals surface area contributed by atoms with Crippen molar-refractivity contribution in [3.8, 4) is 0 Å². The number of nitrogens with two attached hydrogens (primary N) is 2. The fourth-order valence-electron chi connectivity index (χ4n) is 11.4. The predicted octanol–water partition coefficient (Wildman–Crippen LogP) is 12.7. The molecule has 0 saturated heterocycles. The molecule has 0 atom stereocenters. The SMILES string of the molecule is CC(C)(C)OC(=O)Nc1ccc(C2(C(=O)O)CCC2)cc1.CC1=C(C(=O)O)NNS1.CCCN.CCCNC(=O)C1(c2ccc(N)cc2)CCC1.CCCNC(=O)C1(c2ccc(NC(=O)C3=C(C)SNN3)cc2)CCC1.CCCNC(=O)C1(c2ccc(NC(=O)OC(C)(C)C)cc2)CCC1. The van der Waals surface area contributed by atoms with Crippen LogP contribution in [0.5, 0.6) is 0 Å². The molecule has 100 heavy (non-hydrogen) atoms. The molecular formula is C74H108N12O12S2. The third kappa shape index (κ3) is 23.1. The van der Waals surface area contributed by atoms with Gasteiger partial charge in [-0.1, -0.05) is 102 Å². The van der Waals surface area contributed by atoms with Crippen LogP contribution in [-0.2, 0) is 59.9 Å². The average molecular weight is 1420 g/mol. The molecule has 0 bridgehead atoms. The van der Waals surface area contributed by atoms with Crippen molar-refractivity contribution in [1.29, 1.82) is 0 Å². The first-order chi connectivity index (χ1) is 47.4. The normalized spacial score (nSPS) is 16.8. The number of carbonyl (C=O) groups is 8. The van der Waals surface area contributed by atoms with Crippen molar-refractivity contribution in [2.75, 3.05) is 47.9 Å². The van der Waals surface area contributed by atoms with Gasteiger partial charge in [0.1, 0.15) is 22.6 Å². The molecule has 24 nitrogen and oxygen atoms in total. The second kappa shape index (κ2) is 38.5. The zero-order chi connectivity index (χ0) is 73.9. The Labute approximate surface area is 598 Å². The standard InChI is InChI=1S/C19H28N2O3.C18H24N4O2S.C16H21NO4.C14H20N2O.C4H6N2O2S.C3H9N/c1-5-13-20-16(22)19(11-6-12-19)14-7-9-15(10-8-14)21-17(23)24-18(2,3)4;1-3-11-19-17(24)18(9-4-10-18)13-5-7-14(8-6-13)20-16(23)15-12(2)25-22-21-15;1-15(2,3)21-14(20)17-12-7-5-11(6-8-12)16(13(18)19)9-4-10-16;1-2-10-16-13(17)14(8-3-9-14)11-4-6-12(15)7-5-11;1-2-3(4(7)8)5-6-9-2;1-2-3-4/h7-10H,5-6,11-13H2,1-4H3,(H,20,22)(H,21,23);5-8,21-22H,3-4,9-11H2,1-2H3,(H,19,24)(H,20,23);5-8H,4,9-10H2,1-3H3,(H,17,20)(H,18,19);4-7H,2-3,8-10,15H2,1H3,(H,16,17);5-6H,1H3,(H,7,8);2-4H2,1H3. The summed E-state index contributed by atoms with van der Waals surface area (Å²) in [6.07, 6.45) is 13.9. The highest BCUT2D eigenvalue weighted by molar-refractivity contribution is 8.01. The van der Waals surface area contributed by atoms with E-state index in [2.05, 4.69) is 73.2 Å². The van der Waals surface area contributed by atoms with Gasteiger partial charge in [-0.15, -0.1) is 0 Å². The molecule has 548 valence electrons. The molecule has 4 aromatic carbocycles. The van der Waals surface area contributed by atoms with Gasteiger partial charge >= 0.3 is 24.1 Å². The van der Waals surface area contributed by atoms with E-state index in [0.29, 0.717) is 43.0 Å². The summed E-state index contributed by atoms with van der Waals surface area (Å²) in [6, 6.07) is 29.8. The van der Waals surface area contributed by atoms with Crippen molar-refractivity contribution in [3.05, 3.63) is 141 Å². The van der Waals surface area contributed by atoms with E-state index in [0.717, 1.165) is 146 Å². The van der Waals surface area contributed by atoms with Crippen molar-refractivity contribution in [3.63, 3.8) is 0 Å². The Kier molecular flexibility index (Phi) is 31.7. The van der Waals surface area contributed by atoms with Gasteiger partial charge in [0.2, 0.25) is 17.7 Å². The monoisotopic (exact) mass is 1420 g/mol. The number of anilines is 4. The Morgan fingerprint density at radius 3 is 0.980 bits per heavy atom. The fourth-order valence-corrected chi connectivity index (χ4v) is 12.5. The number of carboxylic acids is 2. The van der Waals surface area contributed by atoms with E-state index in [9.17, 15) is 43.5 Å². The van der Waals surface area contributed by atoms with E-state index in [1.165, 1.54) is 23.9 Å². The molecule has 10 rings (SSSR count). The Morgan fingerprint density at radius 1 is 0.460 bits per heavy atom. The maximum Gasteiger partial charge on any atom is 0.412 e. The van der Waals surface area contributed by atoms with Crippen molar-refractivity contribution in [2.45, 2.75) is 219 Å². The van der Waals surface area contributed by atoms with Gasteiger partial charge in [-0.2, -0.15) is 9.66 Å². The van der Waals surface area contributed by atoms with Crippen LogP contribution in [0.4, 0.5) is 32.3 Å². The van der Waals surface area contributed by atoms with Gasteiger partial charge in [0, 0.05) is 52.2 Å². The van der Waals surface area contributed by atoms with Gasteiger partial charge in [-0.25, -0.2) is 14.4 Å². The molecule has 6 amide bonds. The van der Waals surface area contributed by atoms with Crippen LogP contribution in [0, 0.1) is 0 Å². The summed E-state index contributed by atoms with van der Waals surface area (Å²) in [4.78, 5) is 102. The zero-order valence-electron chi connectivity index (χ0n) is 60.3. The van der Waals surface area contributed by atoms with Crippen LogP contribution >= 0.6 is 23.9 Å². The molecule has 2 aliphatic heterocycles. The quantitative estimate of drug-likeness (QED) is 0.0289. The molecule has 2 heterocycles. The number of hydrogen-bond acceptors (Lipinski definition) is 18. The molecule has 4 fully saturated rings. The van der Waals surface area contributed by atoms with E-state index < -0.39 is 51.6 Å². The number of carboxylic acid groups (broad SMARTS) is 2. The fraction of sp³-hybridized carbons (Fsp3) is 0.514. The molecule has 0 unspecified atom stereocenters. The van der Waals surface area contributed by atoms with Crippen molar-refractivity contribution in [1.82, 2.24) is 36.5 Å². The van der Waals surface area contributed by atoms with Gasteiger partial charge in [-0.3, -0.25) is 34.6 Å². The summed E-state index contributed by atoms with van der Waals surface area (Å²) in [7, 11) is 0. The molecule has 0 radical (unpaired) electrons. The third-order valence-electron chi connectivity index (χ3n) is 17.7. The molecule has 4 saturated carbocycles. The Balaban J connectivity index is 0.000000228. The molecular weight excluding hydrogens is 1310 g/mol. The molecule has 16 N–H and O–H groups in total. The number of aliphatic carboxylic acids is 2. The highest BCUT2D eigenvalue weighted by Gasteiger charge is 2.48. The summed E-state index contributed by atoms with van der Waals surface area (Å²) in [5.74, 6) is -1.47. The summed E-state index contributed by atoms with van der Waals surface area (Å²) in [5.41, 5.74) is 20.6. The van der Waals surface area contributed by atoms with E-state index >= 15 is 0 Å². The molecule has 4 aliphatic carbocycles. The van der Waals surface area contributed by atoms with Crippen molar-refractivity contribution < 1.29 is 58.0 Å². The molecule has 4 aromatic rings. The van der Waals surface area contributed by atoms with Gasteiger partial charge in [0.05, 0.1) is 21.7 Å². The van der Waals surface area contributed by atoms with Crippen LogP contribution in [0.1, 0.15) is 208 Å². The number of nitrogens with one attached hydrogen (secondary N) is 10. The number of amides is 6. The Bertz CT molecular complexity index is 3440. The van der Waals surface area contributed by atoms with Crippen LogP contribution in [0.2, 0.25) is 0 Å². The Morgan fingerprint density at radius 2 is 0.750 bits per heavy atom. The molecule has 0 spiro atoms. The van der Waals surface area contributed by atoms with Gasteiger partial charge in [-0.05, 0) is 234 Å². The predicted molar refractivity (Wildman–Crippen MR) is 398 cm³/mol. The van der Waals surface area contributed by atoms with Gasteiger partial charge < -0.3 is 63.3 Å². The zero-order valence-corrected chi connectivity index (χ0v) is 62.0. The lowest BCUT2D eigenvalue weighted by atomic mass is 9.63. The summed E-state index contributed by atoms with van der Waals surface area (Å²) in [6.45, 7) is 25.7. The van der Waals surface area contributed by atoms with Crippen LogP contribution in [0.25, 0.3) is 0 Å². The van der Waals surface area contributed by atoms with Crippen molar-refractivity contribution >= 4 is 94.4 Å². The summed E-state index contributed by atoms with van der Waals surface area (Å²) in [5, 5.41) is 35.1. The summed E-state index contributed by atoms with van der Waals surface area (Å²) < 4.78 is 10.4. The number of nitrogen functional groups attached to an aromatic ring is 1. The first-order valence-electron chi connectivity index (χ1n) is 34.7. The number of benzene rings is 4. The number of hydrogen-bond donors (Lipinski definition) is 14. The highest BCUT2D eigenvalue weighted by Crippen LogP contribution is 2.47. The van der Waals surface area contributed by atoms with Crippen LogP contribution < -0.4 is 63.9 Å². The molecule has 6 aliphatic rings. The minimum Gasteiger partial charge on any atom is -0.481 e. The first kappa shape index (κ1) is 82.4. The largest absolute Gasteiger partial charge is 0.481 e. The summed E-state index contributed by atoms with van der Waals surface area (Å²) >= 11 is 2.65. The van der Waals surface area contributed by atoms with E-state index in [1.807, 2.05) is 107 Å². The lowest BCUT2D eigenvalue weighted by Crippen LogP contribution is -2.49. The second-order valence-electron chi connectivity index (χ2n) is 27.5. The molecule has 0 aromatic heterocycles. The second-order valence-corrected chi connectivity index (χ2v) is 29.5. The minimum absolute atomic E-state index is 0.114. The van der Waals surface area contributed by atoms with E-state index in [1.54, 1.807) is 52.0 Å².